The van der Waals surface area contributed by atoms with Gasteiger partial charge in [-0.1, -0.05) is 0 Å². The number of carbonyl (C=O) groups excluding carboxylic acids is 2. The molecule has 6 heteroatoms. The Kier molecular flexibility index (Phi) is 4.92. The summed E-state index contributed by atoms with van der Waals surface area (Å²) in [6, 6.07) is 3.13. The second-order valence-corrected chi connectivity index (χ2v) is 4.61. The number of piperidine rings is 1. The number of esters is 1. The molecule has 1 saturated heterocycles. The van der Waals surface area contributed by atoms with E-state index < -0.39 is 5.97 Å². The number of nitrogens with zero attached hydrogens (tertiary/aromatic N) is 2. The quantitative estimate of drug-likeness (QED) is 0.776. The van der Waals surface area contributed by atoms with Gasteiger partial charge < -0.3 is 14.4 Å². The van der Waals surface area contributed by atoms with E-state index >= 15 is 0 Å². The molecule has 1 amide bonds. The molecule has 108 valence electrons. The number of rotatable bonds is 4. The monoisotopic (exact) mass is 278 g/mol. The van der Waals surface area contributed by atoms with Crippen LogP contribution < -0.4 is 4.74 Å². The Morgan fingerprint density at radius 2 is 2.00 bits per heavy atom. The lowest BCUT2D eigenvalue weighted by Gasteiger charge is -2.26. The minimum absolute atomic E-state index is 0.139. The molecule has 0 saturated carbocycles. The first kappa shape index (κ1) is 14.3. The number of methoxy groups -OCH3 is 1. The Morgan fingerprint density at radius 1 is 1.25 bits per heavy atom. The molecule has 0 atom stereocenters. The number of pyridine rings is 1. The van der Waals surface area contributed by atoms with Gasteiger partial charge in [0, 0.05) is 25.4 Å². The zero-order valence-corrected chi connectivity index (χ0v) is 11.5. The van der Waals surface area contributed by atoms with E-state index in [1.54, 1.807) is 17.0 Å². The van der Waals surface area contributed by atoms with Crippen molar-refractivity contribution >= 4 is 11.9 Å². The van der Waals surface area contributed by atoms with Crippen LogP contribution in [0, 0.1) is 0 Å². The van der Waals surface area contributed by atoms with Gasteiger partial charge in [0.2, 0.25) is 5.88 Å². The van der Waals surface area contributed by atoms with E-state index in [-0.39, 0.29) is 12.5 Å². The summed E-state index contributed by atoms with van der Waals surface area (Å²) >= 11 is 0. The number of ether oxygens (including phenoxy) is 2. The second kappa shape index (κ2) is 6.88. The fraction of sp³-hybridized carbons (Fsp3) is 0.500. The van der Waals surface area contributed by atoms with Crippen LogP contribution in [-0.2, 0) is 9.53 Å². The molecular formula is C14H18N2O4. The molecule has 0 unspecified atom stereocenters. The summed E-state index contributed by atoms with van der Waals surface area (Å²) in [6.07, 6.45) is 4.55. The number of amides is 1. The number of hydrogen-bond donors (Lipinski definition) is 0. The summed E-state index contributed by atoms with van der Waals surface area (Å²) < 4.78 is 9.91. The van der Waals surface area contributed by atoms with Gasteiger partial charge in [0.25, 0.3) is 5.91 Å². The van der Waals surface area contributed by atoms with Crippen molar-refractivity contribution in [2.24, 2.45) is 0 Å². The average molecular weight is 278 g/mol. The van der Waals surface area contributed by atoms with Crippen molar-refractivity contribution < 1.29 is 19.1 Å². The zero-order valence-electron chi connectivity index (χ0n) is 11.5. The van der Waals surface area contributed by atoms with Crippen molar-refractivity contribution in [3.63, 3.8) is 0 Å². The highest BCUT2D eigenvalue weighted by atomic mass is 16.5. The van der Waals surface area contributed by atoms with E-state index in [1.807, 2.05) is 0 Å². The molecule has 0 aliphatic carbocycles. The summed E-state index contributed by atoms with van der Waals surface area (Å²) in [7, 11) is 1.50. The van der Waals surface area contributed by atoms with Gasteiger partial charge in [0.15, 0.2) is 6.61 Å². The molecule has 20 heavy (non-hydrogen) atoms. The highest BCUT2D eigenvalue weighted by Gasteiger charge is 2.18. The van der Waals surface area contributed by atoms with E-state index in [0.717, 1.165) is 32.4 Å². The molecule has 0 bridgehead atoms. The number of likely N-dealkylation sites (tertiary alicyclic amines) is 1. The van der Waals surface area contributed by atoms with Gasteiger partial charge in [-0.3, -0.25) is 4.79 Å². The Bertz CT molecular complexity index is 467. The minimum Gasteiger partial charge on any atom is -0.481 e. The molecule has 0 radical (unpaired) electrons. The molecule has 0 N–H and O–H groups in total. The normalized spacial score (nSPS) is 14.8. The van der Waals surface area contributed by atoms with Gasteiger partial charge in [0.05, 0.1) is 12.7 Å². The predicted molar refractivity (Wildman–Crippen MR) is 71.5 cm³/mol. The van der Waals surface area contributed by atoms with Gasteiger partial charge in [-0.2, -0.15) is 0 Å². The Balaban J connectivity index is 1.83. The zero-order chi connectivity index (χ0) is 14.4. The third-order valence-corrected chi connectivity index (χ3v) is 3.22. The first-order chi connectivity index (χ1) is 9.70. The lowest BCUT2D eigenvalue weighted by atomic mass is 10.1. The Morgan fingerprint density at radius 3 is 2.60 bits per heavy atom. The van der Waals surface area contributed by atoms with Crippen molar-refractivity contribution in [1.29, 1.82) is 0 Å². The maximum Gasteiger partial charge on any atom is 0.340 e. The second-order valence-electron chi connectivity index (χ2n) is 4.61. The molecule has 1 aromatic rings. The number of carbonyl (C=O) groups is 2. The summed E-state index contributed by atoms with van der Waals surface area (Å²) in [5, 5.41) is 0. The molecule has 0 spiro atoms. The van der Waals surface area contributed by atoms with Crippen LogP contribution in [0.5, 0.6) is 5.88 Å². The number of hydrogen-bond acceptors (Lipinski definition) is 5. The fourth-order valence-corrected chi connectivity index (χ4v) is 2.07. The highest BCUT2D eigenvalue weighted by molar-refractivity contribution is 5.91. The maximum atomic E-state index is 11.8. The van der Waals surface area contributed by atoms with Crippen LogP contribution in [0.3, 0.4) is 0 Å². The van der Waals surface area contributed by atoms with Crippen molar-refractivity contribution in [2.75, 3.05) is 26.8 Å². The van der Waals surface area contributed by atoms with Crippen molar-refractivity contribution in [1.82, 2.24) is 9.88 Å². The topological polar surface area (TPSA) is 68.7 Å². The average Bonchev–Trinajstić information content (AvgIpc) is 2.53. The van der Waals surface area contributed by atoms with Gasteiger partial charge in [0.1, 0.15) is 0 Å². The van der Waals surface area contributed by atoms with Crippen LogP contribution in [0.25, 0.3) is 0 Å². The van der Waals surface area contributed by atoms with Crippen molar-refractivity contribution in [3.8, 4) is 5.88 Å². The molecule has 6 nitrogen and oxygen atoms in total. The van der Waals surface area contributed by atoms with E-state index in [9.17, 15) is 9.59 Å². The lowest BCUT2D eigenvalue weighted by molar-refractivity contribution is -0.135. The van der Waals surface area contributed by atoms with Gasteiger partial charge >= 0.3 is 5.97 Å². The third kappa shape index (κ3) is 3.69. The molecule has 1 fully saturated rings. The summed E-state index contributed by atoms with van der Waals surface area (Å²) in [6.45, 7) is 1.28. The molecule has 2 heterocycles. The van der Waals surface area contributed by atoms with Gasteiger partial charge in [-0.05, 0) is 25.3 Å². The smallest absolute Gasteiger partial charge is 0.340 e. The van der Waals surface area contributed by atoms with Crippen LogP contribution in [0.15, 0.2) is 18.3 Å². The van der Waals surface area contributed by atoms with Crippen molar-refractivity contribution in [2.45, 2.75) is 19.3 Å². The molecule has 0 aromatic carbocycles. The van der Waals surface area contributed by atoms with Crippen LogP contribution in [-0.4, -0.2) is 48.6 Å². The standard InChI is InChI=1S/C14H18N2O4/c1-19-12-6-5-11(9-15-12)14(18)20-10-13(17)16-7-3-2-4-8-16/h5-6,9H,2-4,7-8,10H2,1H3. The molecule has 2 rings (SSSR count). The first-order valence-electron chi connectivity index (χ1n) is 6.65. The first-order valence-corrected chi connectivity index (χ1v) is 6.65. The Labute approximate surface area is 117 Å². The van der Waals surface area contributed by atoms with Crippen LogP contribution in [0.2, 0.25) is 0 Å². The molecule has 1 aliphatic heterocycles. The molecule has 1 aromatic heterocycles. The van der Waals surface area contributed by atoms with E-state index in [2.05, 4.69) is 4.98 Å². The van der Waals surface area contributed by atoms with E-state index in [0.29, 0.717) is 11.4 Å². The van der Waals surface area contributed by atoms with Crippen LogP contribution in [0.4, 0.5) is 0 Å². The lowest BCUT2D eigenvalue weighted by Crippen LogP contribution is -2.38. The van der Waals surface area contributed by atoms with Crippen molar-refractivity contribution in [3.05, 3.63) is 23.9 Å². The highest BCUT2D eigenvalue weighted by Crippen LogP contribution is 2.10. The van der Waals surface area contributed by atoms with Crippen LogP contribution >= 0.6 is 0 Å². The van der Waals surface area contributed by atoms with E-state index in [1.165, 1.54) is 13.3 Å². The van der Waals surface area contributed by atoms with E-state index in [4.69, 9.17) is 9.47 Å². The van der Waals surface area contributed by atoms with Gasteiger partial charge in [-0.15, -0.1) is 0 Å². The summed E-state index contributed by atoms with van der Waals surface area (Å²) in [4.78, 5) is 29.3. The third-order valence-electron chi connectivity index (χ3n) is 3.22. The molecular weight excluding hydrogens is 260 g/mol. The minimum atomic E-state index is -0.550. The SMILES string of the molecule is COc1ccc(C(=O)OCC(=O)N2CCCCC2)cn1. The largest absolute Gasteiger partial charge is 0.481 e. The molecule has 1 aliphatic rings. The van der Waals surface area contributed by atoms with Gasteiger partial charge in [-0.25, -0.2) is 9.78 Å². The fourth-order valence-electron chi connectivity index (χ4n) is 2.07. The summed E-state index contributed by atoms with van der Waals surface area (Å²) in [5.41, 5.74) is 0.303. The number of aromatic nitrogens is 1. The van der Waals surface area contributed by atoms with Crippen LogP contribution in [0.1, 0.15) is 29.6 Å². The predicted octanol–water partition coefficient (Wildman–Crippen LogP) is 1.26. The summed E-state index contributed by atoms with van der Waals surface area (Å²) in [5.74, 6) is -0.268. The maximum absolute atomic E-state index is 11.8. The Hall–Kier alpha value is -2.11.